The molecule has 1 aromatic rings. The average Bonchev–Trinajstić information content (AvgIpc) is 2.30. The van der Waals surface area contributed by atoms with Crippen LogP contribution in [0.25, 0.3) is 0 Å². The van der Waals surface area contributed by atoms with Crippen molar-refractivity contribution >= 4 is 23.2 Å². The van der Waals surface area contributed by atoms with Crippen LogP contribution in [0.3, 0.4) is 0 Å². The van der Waals surface area contributed by atoms with Crippen molar-refractivity contribution < 1.29 is 23.0 Å². The fraction of sp³-hybridized carbons (Fsp3) is 0.364. The zero-order chi connectivity index (χ0) is 13.5. The molecule has 0 fully saturated rings. The van der Waals surface area contributed by atoms with E-state index in [2.05, 4.69) is 10.1 Å². The van der Waals surface area contributed by atoms with Crippen molar-refractivity contribution in [2.45, 2.75) is 13.5 Å². The van der Waals surface area contributed by atoms with E-state index >= 15 is 0 Å². The van der Waals surface area contributed by atoms with Crippen LogP contribution < -0.4 is 10.1 Å². The Morgan fingerprint density at radius 1 is 1.50 bits per heavy atom. The van der Waals surface area contributed by atoms with Crippen LogP contribution in [-0.4, -0.2) is 25.7 Å². The first-order chi connectivity index (χ1) is 8.52. The van der Waals surface area contributed by atoms with Gasteiger partial charge in [0.1, 0.15) is 12.4 Å². The van der Waals surface area contributed by atoms with Gasteiger partial charge in [-0.25, -0.2) is 0 Å². The molecule has 0 saturated carbocycles. The number of anilines is 1. The molecule has 100 valence electrons. The number of alkyl halides is 2. The van der Waals surface area contributed by atoms with Gasteiger partial charge >= 0.3 is 6.61 Å². The minimum atomic E-state index is -2.98. The van der Waals surface area contributed by atoms with E-state index < -0.39 is 6.61 Å². The van der Waals surface area contributed by atoms with Crippen LogP contribution in [0.4, 0.5) is 14.5 Å². The van der Waals surface area contributed by atoms with Crippen LogP contribution in [0.2, 0.25) is 5.02 Å². The first kappa shape index (κ1) is 14.7. The van der Waals surface area contributed by atoms with Gasteiger partial charge in [-0.05, 0) is 19.1 Å². The third-order valence-corrected chi connectivity index (χ3v) is 2.18. The number of hydrogen-bond acceptors (Lipinski definition) is 3. The summed E-state index contributed by atoms with van der Waals surface area (Å²) in [5.41, 5.74) is 0.305. The van der Waals surface area contributed by atoms with E-state index in [0.717, 1.165) is 0 Å². The fourth-order valence-corrected chi connectivity index (χ4v) is 1.32. The van der Waals surface area contributed by atoms with Gasteiger partial charge in [-0.15, -0.1) is 0 Å². The zero-order valence-corrected chi connectivity index (χ0v) is 10.3. The lowest BCUT2D eigenvalue weighted by molar-refractivity contribution is -0.120. The monoisotopic (exact) mass is 279 g/mol. The number of benzene rings is 1. The van der Waals surface area contributed by atoms with Gasteiger partial charge in [-0.1, -0.05) is 11.6 Å². The first-order valence-corrected chi connectivity index (χ1v) is 5.52. The van der Waals surface area contributed by atoms with E-state index in [-0.39, 0.29) is 23.3 Å². The van der Waals surface area contributed by atoms with Crippen molar-refractivity contribution in [1.82, 2.24) is 0 Å². The summed E-state index contributed by atoms with van der Waals surface area (Å²) >= 11 is 5.66. The second-order valence-corrected chi connectivity index (χ2v) is 3.62. The molecule has 0 aliphatic rings. The Hall–Kier alpha value is -1.40. The third-order valence-electron chi connectivity index (χ3n) is 1.87. The second kappa shape index (κ2) is 7.13. The third kappa shape index (κ3) is 4.85. The second-order valence-electron chi connectivity index (χ2n) is 3.21. The standard InChI is InChI=1S/C11H12ClF2NO3/c1-2-17-6-10(16)15-7-3-4-8(12)9(5-7)18-11(13)14/h3-5,11H,2,6H2,1H3,(H,15,16). The molecule has 0 aliphatic carbocycles. The van der Waals surface area contributed by atoms with Gasteiger partial charge in [0, 0.05) is 18.4 Å². The van der Waals surface area contributed by atoms with Crippen LogP contribution in [0.5, 0.6) is 5.75 Å². The number of ether oxygens (including phenoxy) is 2. The lowest BCUT2D eigenvalue weighted by atomic mass is 10.3. The number of halogens is 3. The number of carbonyl (C=O) groups excluding carboxylic acids is 1. The van der Waals surface area contributed by atoms with E-state index in [1.165, 1.54) is 18.2 Å². The van der Waals surface area contributed by atoms with E-state index in [0.29, 0.717) is 12.3 Å². The molecule has 4 nitrogen and oxygen atoms in total. The molecule has 0 bridgehead atoms. The molecule has 18 heavy (non-hydrogen) atoms. The minimum absolute atomic E-state index is 0.0399. The molecule has 0 heterocycles. The summed E-state index contributed by atoms with van der Waals surface area (Å²) < 4.78 is 33.2. The molecule has 1 N–H and O–H groups in total. The maximum absolute atomic E-state index is 12.1. The van der Waals surface area contributed by atoms with Crippen LogP contribution in [-0.2, 0) is 9.53 Å². The largest absolute Gasteiger partial charge is 0.433 e. The highest BCUT2D eigenvalue weighted by Gasteiger charge is 2.10. The summed E-state index contributed by atoms with van der Waals surface area (Å²) in [4.78, 5) is 11.3. The Kier molecular flexibility index (Phi) is 5.80. The Morgan fingerprint density at radius 2 is 2.22 bits per heavy atom. The smallest absolute Gasteiger partial charge is 0.387 e. The Morgan fingerprint density at radius 3 is 2.83 bits per heavy atom. The number of amides is 1. The molecule has 0 atom stereocenters. The van der Waals surface area contributed by atoms with Crippen LogP contribution in [0.15, 0.2) is 18.2 Å². The van der Waals surface area contributed by atoms with Crippen molar-refractivity contribution in [3.05, 3.63) is 23.2 Å². The number of rotatable bonds is 6. The predicted molar refractivity (Wildman–Crippen MR) is 63.2 cm³/mol. The number of hydrogen-bond donors (Lipinski definition) is 1. The Balaban J connectivity index is 2.69. The van der Waals surface area contributed by atoms with E-state index in [4.69, 9.17) is 16.3 Å². The van der Waals surface area contributed by atoms with E-state index in [1.807, 2.05) is 0 Å². The molecule has 7 heteroatoms. The van der Waals surface area contributed by atoms with Crippen LogP contribution >= 0.6 is 11.6 Å². The number of carbonyl (C=O) groups is 1. The van der Waals surface area contributed by atoms with Crippen molar-refractivity contribution in [2.75, 3.05) is 18.5 Å². The molecule has 0 saturated heterocycles. The summed E-state index contributed by atoms with van der Waals surface area (Å²) in [6, 6.07) is 4.05. The molecular weight excluding hydrogens is 268 g/mol. The fourth-order valence-electron chi connectivity index (χ4n) is 1.16. The highest BCUT2D eigenvalue weighted by Crippen LogP contribution is 2.29. The zero-order valence-electron chi connectivity index (χ0n) is 9.58. The van der Waals surface area contributed by atoms with Gasteiger partial charge in [0.25, 0.3) is 0 Å². The normalized spacial score (nSPS) is 10.5. The summed E-state index contributed by atoms with van der Waals surface area (Å²) in [7, 11) is 0. The van der Waals surface area contributed by atoms with E-state index in [1.54, 1.807) is 6.92 Å². The maximum atomic E-state index is 12.1. The molecule has 0 aromatic heterocycles. The number of nitrogens with one attached hydrogen (secondary N) is 1. The molecule has 0 radical (unpaired) electrons. The maximum Gasteiger partial charge on any atom is 0.387 e. The quantitative estimate of drug-likeness (QED) is 0.871. The van der Waals surface area contributed by atoms with Gasteiger partial charge in [-0.3, -0.25) is 4.79 Å². The molecule has 0 aliphatic heterocycles. The van der Waals surface area contributed by atoms with Crippen LogP contribution in [0, 0.1) is 0 Å². The first-order valence-electron chi connectivity index (χ1n) is 5.15. The predicted octanol–water partition coefficient (Wildman–Crippen LogP) is 2.92. The summed E-state index contributed by atoms with van der Waals surface area (Å²) in [6.07, 6.45) is 0. The Labute approximate surface area is 108 Å². The van der Waals surface area contributed by atoms with Crippen LogP contribution in [0.1, 0.15) is 6.92 Å². The molecule has 0 spiro atoms. The average molecular weight is 280 g/mol. The highest BCUT2D eigenvalue weighted by molar-refractivity contribution is 6.32. The minimum Gasteiger partial charge on any atom is -0.433 e. The topological polar surface area (TPSA) is 47.6 Å². The van der Waals surface area contributed by atoms with Gasteiger partial charge in [-0.2, -0.15) is 8.78 Å². The van der Waals surface area contributed by atoms with E-state index in [9.17, 15) is 13.6 Å². The summed E-state index contributed by atoms with van der Waals surface area (Å²) in [5, 5.41) is 2.51. The summed E-state index contributed by atoms with van der Waals surface area (Å²) in [5.74, 6) is -0.581. The van der Waals surface area contributed by atoms with Gasteiger partial charge in [0.05, 0.1) is 5.02 Å². The van der Waals surface area contributed by atoms with Gasteiger partial charge in [0.15, 0.2) is 0 Å². The van der Waals surface area contributed by atoms with Crippen molar-refractivity contribution in [2.24, 2.45) is 0 Å². The lowest BCUT2D eigenvalue weighted by Gasteiger charge is -2.10. The molecule has 1 aromatic carbocycles. The summed E-state index contributed by atoms with van der Waals surface area (Å²) in [6.45, 7) is -0.917. The SMILES string of the molecule is CCOCC(=O)Nc1ccc(Cl)c(OC(F)F)c1. The van der Waals surface area contributed by atoms with Gasteiger partial charge < -0.3 is 14.8 Å². The van der Waals surface area contributed by atoms with Crippen molar-refractivity contribution in [3.8, 4) is 5.75 Å². The lowest BCUT2D eigenvalue weighted by Crippen LogP contribution is -2.18. The molecular formula is C11H12ClF2NO3. The molecule has 1 amide bonds. The highest BCUT2D eigenvalue weighted by atomic mass is 35.5. The van der Waals surface area contributed by atoms with Crippen molar-refractivity contribution in [3.63, 3.8) is 0 Å². The van der Waals surface area contributed by atoms with Gasteiger partial charge in [0.2, 0.25) is 5.91 Å². The molecule has 0 unspecified atom stereocenters. The van der Waals surface area contributed by atoms with Crippen molar-refractivity contribution in [1.29, 1.82) is 0 Å². The Bertz CT molecular complexity index is 415. The molecule has 1 rings (SSSR count).